The highest BCUT2D eigenvalue weighted by atomic mass is 16.4. The number of anilines is 1. The third kappa shape index (κ3) is 2.27. The number of hydrogen-bond donors (Lipinski definition) is 1. The smallest absolute Gasteiger partial charge is 0.408 e. The number of nitrogens with one attached hydrogen (secondary N) is 1. The molecule has 1 aromatic carbocycles. The summed E-state index contributed by atoms with van der Waals surface area (Å²) in [5.41, 5.74) is 2.43. The van der Waals surface area contributed by atoms with E-state index in [2.05, 4.69) is 5.32 Å². The van der Waals surface area contributed by atoms with Gasteiger partial charge in [-0.25, -0.2) is 4.79 Å². The van der Waals surface area contributed by atoms with Crippen LogP contribution in [0.1, 0.15) is 20.8 Å². The van der Waals surface area contributed by atoms with E-state index in [1.807, 2.05) is 32.9 Å². The van der Waals surface area contributed by atoms with Crippen LogP contribution < -0.4 is 11.1 Å². The summed E-state index contributed by atoms with van der Waals surface area (Å²) in [6.45, 7) is 6.88. The summed E-state index contributed by atoms with van der Waals surface area (Å²) in [5, 5.41) is 3.18. The molecular formula is C12H18N2O2. The fourth-order valence-electron chi connectivity index (χ4n) is 1.44. The summed E-state index contributed by atoms with van der Waals surface area (Å²) in [5.74, 6) is -0.325. The van der Waals surface area contributed by atoms with Gasteiger partial charge in [-0.1, -0.05) is 13.8 Å². The van der Waals surface area contributed by atoms with Crippen LogP contribution in [0, 0.1) is 0 Å². The number of fused-ring (bicyclic) bond motifs is 1. The van der Waals surface area contributed by atoms with Gasteiger partial charge in [0.05, 0.1) is 5.52 Å². The maximum absolute atomic E-state index is 11.2. The Balaban J connectivity index is 0.000000606. The molecule has 0 saturated carbocycles. The van der Waals surface area contributed by atoms with Crippen molar-refractivity contribution in [3.63, 3.8) is 0 Å². The van der Waals surface area contributed by atoms with Crippen LogP contribution in [-0.2, 0) is 7.05 Å². The molecule has 2 aromatic rings. The number of aryl methyl sites for hydroxylation is 1. The molecule has 0 amide bonds. The summed E-state index contributed by atoms with van der Waals surface area (Å²) < 4.78 is 6.51. The van der Waals surface area contributed by atoms with Gasteiger partial charge < -0.3 is 9.73 Å². The van der Waals surface area contributed by atoms with Crippen molar-refractivity contribution in [1.29, 1.82) is 0 Å². The Bertz CT molecular complexity index is 511. The van der Waals surface area contributed by atoms with Crippen molar-refractivity contribution in [3.8, 4) is 0 Å². The Morgan fingerprint density at radius 2 is 2.06 bits per heavy atom. The topological polar surface area (TPSA) is 47.2 Å². The van der Waals surface area contributed by atoms with Gasteiger partial charge in [-0.05, 0) is 25.1 Å². The molecule has 16 heavy (non-hydrogen) atoms. The van der Waals surface area contributed by atoms with E-state index in [1.54, 1.807) is 13.1 Å². The van der Waals surface area contributed by atoms with Gasteiger partial charge in [-0.3, -0.25) is 4.57 Å². The third-order valence-corrected chi connectivity index (χ3v) is 2.17. The van der Waals surface area contributed by atoms with Crippen LogP contribution >= 0.6 is 0 Å². The number of aromatic nitrogens is 1. The zero-order valence-electron chi connectivity index (χ0n) is 10.2. The SMILES string of the molecule is CC.CCNc1ccc2oc(=O)n(C)c2c1. The first-order valence-corrected chi connectivity index (χ1v) is 5.56. The largest absolute Gasteiger partial charge is 0.419 e. The zero-order valence-corrected chi connectivity index (χ0v) is 10.2. The number of hydrogen-bond acceptors (Lipinski definition) is 3. The highest BCUT2D eigenvalue weighted by molar-refractivity contribution is 5.77. The predicted molar refractivity (Wildman–Crippen MR) is 67.0 cm³/mol. The average molecular weight is 222 g/mol. The lowest BCUT2D eigenvalue weighted by atomic mass is 10.3. The Hall–Kier alpha value is -1.71. The van der Waals surface area contributed by atoms with Crippen molar-refractivity contribution in [2.75, 3.05) is 11.9 Å². The van der Waals surface area contributed by atoms with E-state index in [0.717, 1.165) is 17.7 Å². The first-order chi connectivity index (χ1) is 7.72. The van der Waals surface area contributed by atoms with Crippen molar-refractivity contribution in [2.45, 2.75) is 20.8 Å². The van der Waals surface area contributed by atoms with Gasteiger partial charge in [-0.2, -0.15) is 0 Å². The molecule has 0 saturated heterocycles. The van der Waals surface area contributed by atoms with E-state index >= 15 is 0 Å². The summed E-state index contributed by atoms with van der Waals surface area (Å²) in [4.78, 5) is 11.2. The van der Waals surface area contributed by atoms with Crippen molar-refractivity contribution >= 4 is 16.8 Å². The van der Waals surface area contributed by atoms with Crippen LogP contribution in [0.5, 0.6) is 0 Å². The second kappa shape index (κ2) is 5.39. The second-order valence-electron chi connectivity index (χ2n) is 3.14. The third-order valence-electron chi connectivity index (χ3n) is 2.17. The lowest BCUT2D eigenvalue weighted by Gasteiger charge is -2.01. The molecule has 0 bridgehead atoms. The van der Waals surface area contributed by atoms with Crippen LogP contribution in [0.15, 0.2) is 27.4 Å². The van der Waals surface area contributed by atoms with Crippen molar-refractivity contribution in [1.82, 2.24) is 4.57 Å². The van der Waals surface area contributed by atoms with Crippen molar-refractivity contribution in [2.24, 2.45) is 7.05 Å². The van der Waals surface area contributed by atoms with Crippen LogP contribution in [0.4, 0.5) is 5.69 Å². The molecule has 1 aromatic heterocycles. The van der Waals surface area contributed by atoms with Crippen molar-refractivity contribution in [3.05, 3.63) is 28.7 Å². The molecule has 2 rings (SSSR count). The molecule has 0 aliphatic heterocycles. The zero-order chi connectivity index (χ0) is 12.1. The van der Waals surface area contributed by atoms with E-state index in [1.165, 1.54) is 4.57 Å². The van der Waals surface area contributed by atoms with Gasteiger partial charge >= 0.3 is 5.76 Å². The molecule has 0 radical (unpaired) electrons. The van der Waals surface area contributed by atoms with Gasteiger partial charge in [0.2, 0.25) is 0 Å². The summed E-state index contributed by atoms with van der Waals surface area (Å²) in [6, 6.07) is 5.60. The molecular weight excluding hydrogens is 204 g/mol. The molecule has 0 atom stereocenters. The maximum Gasteiger partial charge on any atom is 0.419 e. The molecule has 1 N–H and O–H groups in total. The van der Waals surface area contributed by atoms with Crippen LogP contribution in [0.25, 0.3) is 11.1 Å². The summed E-state index contributed by atoms with van der Waals surface area (Å²) in [7, 11) is 1.70. The fraction of sp³-hybridized carbons (Fsp3) is 0.417. The lowest BCUT2D eigenvalue weighted by Crippen LogP contribution is -2.08. The Kier molecular flexibility index (Phi) is 4.17. The number of oxazole rings is 1. The molecule has 4 heteroatoms. The number of benzene rings is 1. The monoisotopic (exact) mass is 222 g/mol. The highest BCUT2D eigenvalue weighted by Crippen LogP contribution is 2.17. The molecule has 0 fully saturated rings. The Labute approximate surface area is 94.9 Å². The molecule has 0 unspecified atom stereocenters. The average Bonchev–Trinajstić information content (AvgIpc) is 2.59. The van der Waals surface area contributed by atoms with Gasteiger partial charge in [0.25, 0.3) is 0 Å². The van der Waals surface area contributed by atoms with E-state index in [0.29, 0.717) is 5.58 Å². The molecule has 0 spiro atoms. The number of nitrogens with zero attached hydrogens (tertiary/aromatic N) is 1. The van der Waals surface area contributed by atoms with Crippen LogP contribution in [-0.4, -0.2) is 11.1 Å². The maximum atomic E-state index is 11.2. The minimum atomic E-state index is -0.325. The van der Waals surface area contributed by atoms with Crippen LogP contribution in [0.2, 0.25) is 0 Å². The van der Waals surface area contributed by atoms with E-state index < -0.39 is 0 Å². The lowest BCUT2D eigenvalue weighted by molar-refractivity contribution is 0.528. The highest BCUT2D eigenvalue weighted by Gasteiger charge is 2.05. The van der Waals surface area contributed by atoms with Crippen molar-refractivity contribution < 1.29 is 4.42 Å². The molecule has 88 valence electrons. The Morgan fingerprint density at radius 3 is 2.69 bits per heavy atom. The van der Waals surface area contributed by atoms with E-state index in [4.69, 9.17) is 4.42 Å². The number of rotatable bonds is 2. The molecule has 0 aliphatic carbocycles. The first kappa shape index (κ1) is 12.4. The Morgan fingerprint density at radius 1 is 1.38 bits per heavy atom. The van der Waals surface area contributed by atoms with Gasteiger partial charge in [0, 0.05) is 19.3 Å². The minimum Gasteiger partial charge on any atom is -0.408 e. The fourth-order valence-corrected chi connectivity index (χ4v) is 1.44. The standard InChI is InChI=1S/C10H12N2O2.C2H6/c1-3-11-7-4-5-9-8(6-7)12(2)10(13)14-9;1-2/h4-6,11H,3H2,1-2H3;1-2H3. The summed E-state index contributed by atoms with van der Waals surface area (Å²) in [6.07, 6.45) is 0. The van der Waals surface area contributed by atoms with Gasteiger partial charge in [0.15, 0.2) is 5.58 Å². The van der Waals surface area contributed by atoms with E-state index in [9.17, 15) is 4.79 Å². The first-order valence-electron chi connectivity index (χ1n) is 5.56. The normalized spacial score (nSPS) is 9.75. The van der Waals surface area contributed by atoms with Gasteiger partial charge in [-0.15, -0.1) is 0 Å². The quantitative estimate of drug-likeness (QED) is 0.849. The predicted octanol–water partition coefficient (Wildman–Crippen LogP) is 2.59. The summed E-state index contributed by atoms with van der Waals surface area (Å²) >= 11 is 0. The molecule has 1 heterocycles. The molecule has 4 nitrogen and oxygen atoms in total. The molecule has 0 aliphatic rings. The van der Waals surface area contributed by atoms with E-state index in [-0.39, 0.29) is 5.76 Å². The van der Waals surface area contributed by atoms with Crippen LogP contribution in [0.3, 0.4) is 0 Å². The second-order valence-corrected chi connectivity index (χ2v) is 3.14. The minimum absolute atomic E-state index is 0.325. The van der Waals surface area contributed by atoms with Gasteiger partial charge in [0.1, 0.15) is 0 Å².